The number of hydrogen-bond donors (Lipinski definition) is 1. The fourth-order valence-electron chi connectivity index (χ4n) is 1.56. The van der Waals surface area contributed by atoms with Crippen molar-refractivity contribution in [3.63, 3.8) is 0 Å². The smallest absolute Gasteiger partial charge is 0.162 e. The van der Waals surface area contributed by atoms with Gasteiger partial charge in [-0.2, -0.15) is 5.10 Å². The van der Waals surface area contributed by atoms with E-state index in [0.29, 0.717) is 0 Å². The fraction of sp³-hybridized carbons (Fsp3) is 0.300. The molecule has 2 aromatic heterocycles. The van der Waals surface area contributed by atoms with Crippen molar-refractivity contribution in [3.8, 4) is 5.82 Å². The van der Waals surface area contributed by atoms with Gasteiger partial charge in [-0.25, -0.2) is 14.6 Å². The number of aromatic nitrogens is 4. The second-order valence-corrected chi connectivity index (χ2v) is 4.15. The number of hydrogen-bond acceptors (Lipinski definition) is 4. The molecule has 0 aliphatic carbocycles. The Morgan fingerprint density at radius 3 is 2.81 bits per heavy atom. The lowest BCUT2D eigenvalue weighted by atomic mass is 10.2. The zero-order chi connectivity index (χ0) is 11.5. The lowest BCUT2D eigenvalue weighted by Crippen LogP contribution is -2.07. The van der Waals surface area contributed by atoms with Crippen molar-refractivity contribution in [2.24, 2.45) is 0 Å². The maximum Gasteiger partial charge on any atom is 0.162 e. The van der Waals surface area contributed by atoms with E-state index in [1.54, 1.807) is 10.9 Å². The maximum absolute atomic E-state index is 4.27. The second kappa shape index (κ2) is 4.61. The highest BCUT2D eigenvalue weighted by molar-refractivity contribution is 9.10. The molecule has 2 aromatic rings. The number of rotatable bonds is 3. The summed E-state index contributed by atoms with van der Waals surface area (Å²) in [5, 5.41) is 7.28. The van der Waals surface area contributed by atoms with Gasteiger partial charge in [0.05, 0.1) is 10.7 Å². The van der Waals surface area contributed by atoms with E-state index in [9.17, 15) is 0 Å². The van der Waals surface area contributed by atoms with Crippen LogP contribution in [-0.2, 0) is 6.42 Å². The van der Waals surface area contributed by atoms with Gasteiger partial charge < -0.3 is 5.32 Å². The van der Waals surface area contributed by atoms with E-state index in [0.717, 1.165) is 28.1 Å². The van der Waals surface area contributed by atoms with Gasteiger partial charge in [0.25, 0.3) is 0 Å². The van der Waals surface area contributed by atoms with Gasteiger partial charge in [0.1, 0.15) is 12.1 Å². The van der Waals surface area contributed by atoms with Gasteiger partial charge in [0.2, 0.25) is 0 Å². The number of anilines is 1. The molecule has 5 nitrogen and oxygen atoms in total. The van der Waals surface area contributed by atoms with Crippen LogP contribution >= 0.6 is 15.9 Å². The molecule has 0 radical (unpaired) electrons. The Balaban J connectivity index is 2.56. The highest BCUT2D eigenvalue weighted by atomic mass is 79.9. The van der Waals surface area contributed by atoms with E-state index in [1.807, 2.05) is 13.2 Å². The van der Waals surface area contributed by atoms with Gasteiger partial charge in [-0.3, -0.25) is 0 Å². The molecule has 0 fully saturated rings. The first-order valence-electron chi connectivity index (χ1n) is 4.98. The summed E-state index contributed by atoms with van der Waals surface area (Å²) in [4.78, 5) is 8.46. The molecule has 0 aliphatic rings. The molecule has 1 N–H and O–H groups in total. The topological polar surface area (TPSA) is 55.6 Å². The molecule has 6 heteroatoms. The minimum absolute atomic E-state index is 0.813. The Morgan fingerprint density at radius 1 is 1.44 bits per heavy atom. The minimum Gasteiger partial charge on any atom is -0.373 e. The Labute approximate surface area is 102 Å². The van der Waals surface area contributed by atoms with Gasteiger partial charge in [-0.15, -0.1) is 0 Å². The monoisotopic (exact) mass is 281 g/mol. The molecule has 0 spiro atoms. The van der Waals surface area contributed by atoms with E-state index in [-0.39, 0.29) is 0 Å². The maximum atomic E-state index is 4.27. The van der Waals surface area contributed by atoms with Crippen molar-refractivity contribution in [3.05, 3.63) is 28.8 Å². The molecule has 0 atom stereocenters. The molecular weight excluding hydrogens is 270 g/mol. The first kappa shape index (κ1) is 11.1. The Bertz CT molecular complexity index is 494. The summed E-state index contributed by atoms with van der Waals surface area (Å²) >= 11 is 3.37. The summed E-state index contributed by atoms with van der Waals surface area (Å²) in [6, 6.07) is 0. The molecule has 0 unspecified atom stereocenters. The molecule has 0 bridgehead atoms. The van der Waals surface area contributed by atoms with Crippen molar-refractivity contribution in [1.29, 1.82) is 0 Å². The molecule has 0 saturated carbocycles. The van der Waals surface area contributed by atoms with E-state index < -0.39 is 0 Å². The molecule has 0 saturated heterocycles. The SMILES string of the molecule is CCc1c(NC)ncnc1-n1cc(Br)cn1. The van der Waals surface area contributed by atoms with Gasteiger partial charge in [-0.1, -0.05) is 6.92 Å². The summed E-state index contributed by atoms with van der Waals surface area (Å²) in [5.41, 5.74) is 1.06. The first-order chi connectivity index (χ1) is 7.76. The normalized spacial score (nSPS) is 10.4. The van der Waals surface area contributed by atoms with Crippen molar-refractivity contribution in [2.45, 2.75) is 13.3 Å². The highest BCUT2D eigenvalue weighted by Gasteiger charge is 2.10. The van der Waals surface area contributed by atoms with Crippen LogP contribution in [0.2, 0.25) is 0 Å². The Morgan fingerprint density at radius 2 is 2.25 bits per heavy atom. The molecule has 16 heavy (non-hydrogen) atoms. The van der Waals surface area contributed by atoms with Crippen molar-refractivity contribution in [1.82, 2.24) is 19.7 Å². The Kier molecular flexibility index (Phi) is 3.19. The van der Waals surface area contributed by atoms with E-state index in [4.69, 9.17) is 0 Å². The van der Waals surface area contributed by atoms with Crippen LogP contribution in [0.5, 0.6) is 0 Å². The van der Waals surface area contributed by atoms with Crippen LogP contribution in [0.1, 0.15) is 12.5 Å². The molecule has 2 heterocycles. The molecule has 0 aromatic carbocycles. The molecule has 0 amide bonds. The van der Waals surface area contributed by atoms with Crippen LogP contribution in [0.3, 0.4) is 0 Å². The summed E-state index contributed by atoms with van der Waals surface area (Å²) in [6.45, 7) is 2.07. The third-order valence-corrected chi connectivity index (χ3v) is 2.69. The third-order valence-electron chi connectivity index (χ3n) is 2.28. The van der Waals surface area contributed by atoms with Gasteiger partial charge >= 0.3 is 0 Å². The average Bonchev–Trinajstić information content (AvgIpc) is 2.74. The fourth-order valence-corrected chi connectivity index (χ4v) is 1.84. The molecular formula is C10H12BrN5. The quantitative estimate of drug-likeness (QED) is 0.935. The number of nitrogens with one attached hydrogen (secondary N) is 1. The number of nitrogens with zero attached hydrogens (tertiary/aromatic N) is 4. The lowest BCUT2D eigenvalue weighted by Gasteiger charge is -2.10. The van der Waals surface area contributed by atoms with Crippen LogP contribution in [-0.4, -0.2) is 26.8 Å². The number of halogens is 1. The Hall–Kier alpha value is -1.43. The van der Waals surface area contributed by atoms with E-state index >= 15 is 0 Å². The predicted molar refractivity (Wildman–Crippen MR) is 65.8 cm³/mol. The second-order valence-electron chi connectivity index (χ2n) is 3.23. The highest BCUT2D eigenvalue weighted by Crippen LogP contribution is 2.19. The zero-order valence-corrected chi connectivity index (χ0v) is 10.7. The van der Waals surface area contributed by atoms with Crippen LogP contribution in [0.25, 0.3) is 5.82 Å². The van der Waals surface area contributed by atoms with Crippen molar-refractivity contribution < 1.29 is 0 Å². The molecule has 0 aliphatic heterocycles. The van der Waals surface area contributed by atoms with Gasteiger partial charge in [-0.05, 0) is 22.4 Å². The zero-order valence-electron chi connectivity index (χ0n) is 9.11. The largest absolute Gasteiger partial charge is 0.373 e. The standard InChI is InChI=1S/C10H12BrN5/c1-3-8-9(12-2)13-6-14-10(8)16-5-7(11)4-15-16/h4-6H,3H2,1-2H3,(H,12,13,14). The third kappa shape index (κ3) is 1.92. The van der Waals surface area contributed by atoms with Crippen LogP contribution in [0, 0.1) is 0 Å². The van der Waals surface area contributed by atoms with Crippen LogP contribution in [0.4, 0.5) is 5.82 Å². The predicted octanol–water partition coefficient (Wildman–Crippen LogP) is 2.03. The van der Waals surface area contributed by atoms with Crippen LogP contribution in [0.15, 0.2) is 23.2 Å². The molecule has 84 valence electrons. The van der Waals surface area contributed by atoms with Gasteiger partial charge in [0.15, 0.2) is 5.82 Å². The molecule has 2 rings (SSSR count). The summed E-state index contributed by atoms with van der Waals surface area (Å²) in [6.07, 6.45) is 6.00. The van der Waals surface area contributed by atoms with E-state index in [2.05, 4.69) is 43.2 Å². The first-order valence-corrected chi connectivity index (χ1v) is 5.77. The minimum atomic E-state index is 0.813. The van der Waals surface area contributed by atoms with Crippen molar-refractivity contribution >= 4 is 21.7 Å². The summed E-state index contributed by atoms with van der Waals surface area (Å²) in [7, 11) is 1.85. The van der Waals surface area contributed by atoms with Gasteiger partial charge in [0, 0.05) is 18.8 Å². The van der Waals surface area contributed by atoms with Crippen LogP contribution < -0.4 is 5.32 Å². The lowest BCUT2D eigenvalue weighted by molar-refractivity contribution is 0.819. The van der Waals surface area contributed by atoms with Crippen molar-refractivity contribution in [2.75, 3.05) is 12.4 Å². The average molecular weight is 282 g/mol. The summed E-state index contributed by atoms with van der Waals surface area (Å²) in [5.74, 6) is 1.66. The van der Waals surface area contributed by atoms with E-state index in [1.165, 1.54) is 6.33 Å². The summed E-state index contributed by atoms with van der Waals surface area (Å²) < 4.78 is 2.67.